The van der Waals surface area contributed by atoms with Crippen LogP contribution in [0.5, 0.6) is 11.5 Å². The maximum atomic E-state index is 12.9. The fourth-order valence-electron chi connectivity index (χ4n) is 4.08. The third-order valence-electron chi connectivity index (χ3n) is 5.98. The van der Waals surface area contributed by atoms with Crippen molar-refractivity contribution < 1.29 is 33.0 Å². The van der Waals surface area contributed by atoms with Crippen molar-refractivity contribution in [1.29, 1.82) is 0 Å². The van der Waals surface area contributed by atoms with Gasteiger partial charge in [0.2, 0.25) is 5.76 Å². The molecule has 38 heavy (non-hydrogen) atoms. The van der Waals surface area contributed by atoms with Gasteiger partial charge in [-0.1, -0.05) is 48.5 Å². The largest absolute Gasteiger partial charge is 0.493 e. The maximum absolute atomic E-state index is 12.9. The van der Waals surface area contributed by atoms with E-state index >= 15 is 0 Å². The first-order valence-electron chi connectivity index (χ1n) is 11.7. The van der Waals surface area contributed by atoms with Crippen LogP contribution in [0, 0.1) is 0 Å². The SMILES string of the molecule is COC(=O)c1ccc(CN2C(=O)S/C(=C/c3ccc(OCc4cccc5ccccc45)c(OC)c3)C2=O)o1. The van der Waals surface area contributed by atoms with Crippen LogP contribution in [0.15, 0.2) is 82.1 Å². The molecular formula is C29H23NO7S. The molecule has 4 aromatic rings. The molecule has 0 radical (unpaired) electrons. The number of imide groups is 1. The summed E-state index contributed by atoms with van der Waals surface area (Å²) in [5, 5.41) is 1.83. The maximum Gasteiger partial charge on any atom is 0.373 e. The van der Waals surface area contributed by atoms with Gasteiger partial charge in [-0.05, 0) is 64.0 Å². The Morgan fingerprint density at radius 3 is 2.61 bits per heavy atom. The van der Waals surface area contributed by atoms with E-state index in [4.69, 9.17) is 13.9 Å². The number of thioether (sulfide) groups is 1. The van der Waals surface area contributed by atoms with E-state index in [1.807, 2.05) is 24.3 Å². The molecule has 2 heterocycles. The number of nitrogens with zero attached hydrogens (tertiary/aromatic N) is 1. The van der Waals surface area contributed by atoms with Crippen molar-refractivity contribution in [3.63, 3.8) is 0 Å². The molecule has 5 rings (SSSR count). The average Bonchev–Trinajstić information content (AvgIpc) is 3.52. The summed E-state index contributed by atoms with van der Waals surface area (Å²) in [4.78, 5) is 38.4. The summed E-state index contributed by atoms with van der Waals surface area (Å²) in [5.74, 6) is 0.271. The van der Waals surface area contributed by atoms with Crippen LogP contribution in [0.25, 0.3) is 16.8 Å². The van der Waals surface area contributed by atoms with Crippen molar-refractivity contribution in [1.82, 2.24) is 4.90 Å². The minimum Gasteiger partial charge on any atom is -0.493 e. The van der Waals surface area contributed by atoms with E-state index in [2.05, 4.69) is 22.9 Å². The summed E-state index contributed by atoms with van der Waals surface area (Å²) in [5.41, 5.74) is 1.73. The standard InChI is InChI=1S/C29H23NO7S/c1-34-25-14-18(10-12-23(25)36-17-20-8-5-7-19-6-3-4-9-22(19)20)15-26-27(31)30(29(33)38-26)16-21-11-13-24(37-21)28(32)35-2/h3-15H,16-17H2,1-2H3/b26-15+. The van der Waals surface area contributed by atoms with Gasteiger partial charge in [0.25, 0.3) is 11.1 Å². The molecule has 1 aromatic heterocycles. The number of fused-ring (bicyclic) bond motifs is 1. The molecule has 8 nitrogen and oxygen atoms in total. The van der Waals surface area contributed by atoms with E-state index in [0.717, 1.165) is 33.0 Å². The van der Waals surface area contributed by atoms with Gasteiger partial charge in [-0.25, -0.2) is 4.79 Å². The Labute approximate surface area is 222 Å². The number of ether oxygens (including phenoxy) is 3. The molecule has 0 bridgehead atoms. The highest BCUT2D eigenvalue weighted by Gasteiger charge is 2.35. The van der Waals surface area contributed by atoms with Crippen molar-refractivity contribution in [3.8, 4) is 11.5 Å². The minimum absolute atomic E-state index is 0.000122. The molecule has 0 saturated carbocycles. The predicted molar refractivity (Wildman–Crippen MR) is 143 cm³/mol. The second kappa shape index (κ2) is 10.9. The second-order valence-electron chi connectivity index (χ2n) is 8.36. The topological polar surface area (TPSA) is 95.3 Å². The number of esters is 1. The van der Waals surface area contributed by atoms with Crippen molar-refractivity contribution >= 4 is 45.7 Å². The van der Waals surface area contributed by atoms with Crippen LogP contribution < -0.4 is 9.47 Å². The summed E-state index contributed by atoms with van der Waals surface area (Å²) in [6, 6.07) is 22.5. The van der Waals surface area contributed by atoms with Gasteiger partial charge in [0.1, 0.15) is 12.4 Å². The number of rotatable bonds is 8. The summed E-state index contributed by atoms with van der Waals surface area (Å²) >= 11 is 0.833. The highest BCUT2D eigenvalue weighted by molar-refractivity contribution is 8.18. The highest BCUT2D eigenvalue weighted by Crippen LogP contribution is 2.36. The quantitative estimate of drug-likeness (QED) is 0.201. The lowest BCUT2D eigenvalue weighted by Gasteiger charge is -2.13. The zero-order valence-corrected chi connectivity index (χ0v) is 21.4. The Morgan fingerprint density at radius 2 is 1.79 bits per heavy atom. The van der Waals surface area contributed by atoms with Crippen molar-refractivity contribution in [2.75, 3.05) is 14.2 Å². The average molecular weight is 530 g/mol. The zero-order chi connectivity index (χ0) is 26.6. The summed E-state index contributed by atoms with van der Waals surface area (Å²) in [6.45, 7) is 0.268. The fraction of sp³-hybridized carbons (Fsp3) is 0.138. The molecule has 1 fully saturated rings. The number of methoxy groups -OCH3 is 2. The first kappa shape index (κ1) is 25.2. The number of furan rings is 1. The van der Waals surface area contributed by atoms with E-state index in [1.54, 1.807) is 31.4 Å². The zero-order valence-electron chi connectivity index (χ0n) is 20.6. The van der Waals surface area contributed by atoms with Gasteiger partial charge >= 0.3 is 5.97 Å². The van der Waals surface area contributed by atoms with E-state index in [0.29, 0.717) is 29.4 Å². The molecule has 0 aliphatic carbocycles. The molecule has 1 aliphatic rings. The lowest BCUT2D eigenvalue weighted by atomic mass is 10.1. The molecule has 3 aromatic carbocycles. The second-order valence-corrected chi connectivity index (χ2v) is 9.36. The number of benzene rings is 3. The van der Waals surface area contributed by atoms with Gasteiger partial charge in [0.15, 0.2) is 11.5 Å². The van der Waals surface area contributed by atoms with E-state index in [1.165, 1.54) is 19.2 Å². The monoisotopic (exact) mass is 529 g/mol. The molecule has 0 N–H and O–H groups in total. The van der Waals surface area contributed by atoms with Gasteiger partial charge in [-0.2, -0.15) is 0 Å². The van der Waals surface area contributed by atoms with Gasteiger partial charge in [-0.15, -0.1) is 0 Å². The van der Waals surface area contributed by atoms with Crippen LogP contribution >= 0.6 is 11.8 Å². The normalized spacial score (nSPS) is 14.4. The van der Waals surface area contributed by atoms with Crippen LogP contribution in [0.2, 0.25) is 0 Å². The third kappa shape index (κ3) is 5.14. The van der Waals surface area contributed by atoms with Crippen molar-refractivity contribution in [2.24, 2.45) is 0 Å². The Morgan fingerprint density at radius 1 is 0.974 bits per heavy atom. The highest BCUT2D eigenvalue weighted by atomic mass is 32.2. The summed E-state index contributed by atoms with van der Waals surface area (Å²) in [6.07, 6.45) is 1.63. The van der Waals surface area contributed by atoms with Gasteiger partial charge in [0.05, 0.1) is 25.7 Å². The van der Waals surface area contributed by atoms with Crippen LogP contribution in [0.3, 0.4) is 0 Å². The van der Waals surface area contributed by atoms with Crippen molar-refractivity contribution in [2.45, 2.75) is 13.2 Å². The van der Waals surface area contributed by atoms with Crippen LogP contribution in [-0.2, 0) is 22.7 Å². The Kier molecular flexibility index (Phi) is 7.19. The smallest absolute Gasteiger partial charge is 0.373 e. The van der Waals surface area contributed by atoms with E-state index < -0.39 is 17.1 Å². The van der Waals surface area contributed by atoms with Gasteiger partial charge in [0, 0.05) is 0 Å². The summed E-state index contributed by atoms with van der Waals surface area (Å²) in [7, 11) is 2.79. The summed E-state index contributed by atoms with van der Waals surface area (Å²) < 4.78 is 21.6. The van der Waals surface area contributed by atoms with Crippen LogP contribution in [0.4, 0.5) is 4.79 Å². The number of hydrogen-bond acceptors (Lipinski definition) is 8. The molecule has 1 aliphatic heterocycles. The van der Waals surface area contributed by atoms with Gasteiger partial charge < -0.3 is 18.6 Å². The molecule has 9 heteroatoms. The first-order valence-corrected chi connectivity index (χ1v) is 12.5. The number of carbonyl (C=O) groups is 3. The fourth-order valence-corrected chi connectivity index (χ4v) is 4.92. The molecule has 1 saturated heterocycles. The van der Waals surface area contributed by atoms with E-state index in [9.17, 15) is 14.4 Å². The molecule has 0 spiro atoms. The lowest BCUT2D eigenvalue weighted by Crippen LogP contribution is -2.27. The Hall–Kier alpha value is -4.50. The Balaban J connectivity index is 1.30. The molecule has 0 atom stereocenters. The Bertz CT molecular complexity index is 1570. The first-order chi connectivity index (χ1) is 18.5. The molecular weight excluding hydrogens is 506 g/mol. The predicted octanol–water partition coefficient (Wildman–Crippen LogP) is 6.04. The molecule has 192 valence electrons. The van der Waals surface area contributed by atoms with Crippen LogP contribution in [0.1, 0.15) is 27.4 Å². The number of hydrogen-bond donors (Lipinski definition) is 0. The molecule has 2 amide bonds. The van der Waals surface area contributed by atoms with Gasteiger partial charge in [-0.3, -0.25) is 14.5 Å². The van der Waals surface area contributed by atoms with Crippen molar-refractivity contribution in [3.05, 3.63) is 100 Å². The van der Waals surface area contributed by atoms with Crippen LogP contribution in [-0.4, -0.2) is 36.2 Å². The number of amides is 2. The third-order valence-corrected chi connectivity index (χ3v) is 6.89. The minimum atomic E-state index is -0.635. The number of carbonyl (C=O) groups excluding carboxylic acids is 3. The van der Waals surface area contributed by atoms with E-state index in [-0.39, 0.29) is 17.2 Å². The lowest BCUT2D eigenvalue weighted by molar-refractivity contribution is -0.123. The molecule has 0 unspecified atom stereocenters.